The second-order valence-corrected chi connectivity index (χ2v) is 12.4. The van der Waals surface area contributed by atoms with Gasteiger partial charge in [0, 0.05) is 0 Å². The third-order valence-corrected chi connectivity index (χ3v) is 7.80. The van der Waals surface area contributed by atoms with Crippen molar-refractivity contribution in [1.82, 2.24) is 10.2 Å². The fourth-order valence-electron chi connectivity index (χ4n) is 2.52. The van der Waals surface area contributed by atoms with E-state index in [1.807, 2.05) is 0 Å². The van der Waals surface area contributed by atoms with Gasteiger partial charge in [0.15, 0.2) is 10.2 Å². The third kappa shape index (κ3) is 12.0. The van der Waals surface area contributed by atoms with E-state index in [1.165, 1.54) is 0 Å². The summed E-state index contributed by atoms with van der Waals surface area (Å²) in [6.07, 6.45) is -1.41. The topological polar surface area (TPSA) is 119 Å². The van der Waals surface area contributed by atoms with Gasteiger partial charge in [0.1, 0.15) is 0 Å². The number of para-hydroxylation sites is 2. The molecule has 0 bridgehead atoms. The lowest BCUT2D eigenvalue weighted by atomic mass is 10.2. The van der Waals surface area contributed by atoms with Crippen LogP contribution in [0.25, 0.3) is 0 Å². The summed E-state index contributed by atoms with van der Waals surface area (Å²) in [7, 11) is -7.41. The summed E-state index contributed by atoms with van der Waals surface area (Å²) >= 11 is 10.7. The highest BCUT2D eigenvalue weighted by molar-refractivity contribution is 7.81. The van der Waals surface area contributed by atoms with Crippen LogP contribution >= 0.6 is 39.9 Å². The van der Waals surface area contributed by atoms with Gasteiger partial charge in [-0.15, -0.1) is 0 Å². The van der Waals surface area contributed by atoms with E-state index in [1.54, 1.807) is 79.7 Å². The second kappa shape index (κ2) is 13.8. The fraction of sp³-hybridized carbons (Fsp3) is 0.600. The average molecular weight is 555 g/mol. The Morgan fingerprint density at radius 3 is 1.15 bits per heavy atom. The molecule has 1 rings (SSSR count). The minimum atomic E-state index is -3.70. The van der Waals surface area contributed by atoms with Crippen molar-refractivity contribution in [2.75, 3.05) is 10.6 Å². The van der Waals surface area contributed by atoms with Crippen LogP contribution in [-0.2, 0) is 27.2 Å². The zero-order chi connectivity index (χ0) is 26.1. The van der Waals surface area contributed by atoms with E-state index in [-0.39, 0.29) is 34.6 Å². The molecule has 0 aliphatic rings. The Hall–Kier alpha value is -1.10. The molecule has 1 aromatic carbocycles. The van der Waals surface area contributed by atoms with Crippen LogP contribution in [-0.4, -0.2) is 34.6 Å². The van der Waals surface area contributed by atoms with E-state index >= 15 is 0 Å². The molecule has 0 fully saturated rings. The van der Waals surface area contributed by atoms with Crippen LogP contribution in [0.5, 0.6) is 0 Å². The lowest BCUT2D eigenvalue weighted by Gasteiger charge is -2.25. The Kier molecular flexibility index (Phi) is 12.6. The summed E-state index contributed by atoms with van der Waals surface area (Å²) < 4.78 is 47.9. The maximum Gasteiger partial charge on any atom is 0.434 e. The van der Waals surface area contributed by atoms with Crippen molar-refractivity contribution < 1.29 is 27.2 Å². The van der Waals surface area contributed by atoms with Crippen molar-refractivity contribution in [2.45, 2.75) is 79.8 Å². The van der Waals surface area contributed by atoms with Gasteiger partial charge >= 0.3 is 15.5 Å². The van der Waals surface area contributed by atoms with E-state index in [0.29, 0.717) is 11.4 Å². The summed E-state index contributed by atoms with van der Waals surface area (Å²) in [5, 5.41) is 11.2. The lowest BCUT2D eigenvalue weighted by Crippen LogP contribution is -2.31. The first kappa shape index (κ1) is 30.9. The van der Waals surface area contributed by atoms with Gasteiger partial charge in [0.2, 0.25) is 0 Å². The Morgan fingerprint density at radius 1 is 0.647 bits per heavy atom. The SMILES string of the molecule is CC(C)OP(=O)(NC(=S)Nc1ccccc1NC(=S)NP(=O)(OC(C)C)OC(C)C)OC(C)C. The summed E-state index contributed by atoms with van der Waals surface area (Å²) in [5.41, 5.74) is 1.02. The van der Waals surface area contributed by atoms with E-state index in [2.05, 4.69) is 20.8 Å². The summed E-state index contributed by atoms with van der Waals surface area (Å²) in [4.78, 5) is 0. The molecule has 0 saturated carbocycles. The summed E-state index contributed by atoms with van der Waals surface area (Å²) in [5.74, 6) is 0. The number of thiocarbonyl (C=S) groups is 2. The van der Waals surface area contributed by atoms with E-state index in [0.717, 1.165) is 0 Å². The van der Waals surface area contributed by atoms with Gasteiger partial charge in [0.05, 0.1) is 35.8 Å². The van der Waals surface area contributed by atoms with Crippen molar-refractivity contribution >= 4 is 61.5 Å². The minimum Gasteiger partial charge on any atom is -0.331 e. The predicted octanol–water partition coefficient (Wildman–Crippen LogP) is 6.18. The zero-order valence-corrected chi connectivity index (χ0v) is 24.2. The molecular weight excluding hydrogens is 518 g/mol. The monoisotopic (exact) mass is 554 g/mol. The van der Waals surface area contributed by atoms with Crippen LogP contribution in [0.2, 0.25) is 0 Å². The molecule has 14 heteroatoms. The molecule has 0 heterocycles. The number of hydrogen-bond donors (Lipinski definition) is 4. The first-order chi connectivity index (χ1) is 15.6. The van der Waals surface area contributed by atoms with Crippen molar-refractivity contribution in [3.05, 3.63) is 24.3 Å². The quantitative estimate of drug-likeness (QED) is 0.175. The molecule has 0 spiro atoms. The maximum absolute atomic E-state index is 13.0. The van der Waals surface area contributed by atoms with Gasteiger partial charge in [-0.3, -0.25) is 28.3 Å². The summed E-state index contributed by atoms with van der Waals surface area (Å²) in [6, 6.07) is 7.00. The molecule has 0 aliphatic carbocycles. The van der Waals surface area contributed by atoms with Crippen LogP contribution in [0.15, 0.2) is 24.3 Å². The van der Waals surface area contributed by atoms with Gasteiger partial charge < -0.3 is 10.6 Å². The van der Waals surface area contributed by atoms with E-state index < -0.39 is 15.5 Å². The van der Waals surface area contributed by atoms with Crippen molar-refractivity contribution in [2.24, 2.45) is 0 Å². The van der Waals surface area contributed by atoms with Gasteiger partial charge in [-0.05, 0) is 92.0 Å². The smallest absolute Gasteiger partial charge is 0.331 e. The first-order valence-electron chi connectivity index (χ1n) is 10.8. The normalized spacial score (nSPS) is 12.4. The maximum atomic E-state index is 13.0. The van der Waals surface area contributed by atoms with Crippen LogP contribution < -0.4 is 20.8 Å². The summed E-state index contributed by atoms with van der Waals surface area (Å²) in [6.45, 7) is 13.9. The van der Waals surface area contributed by atoms with E-state index in [4.69, 9.17) is 42.5 Å². The number of benzene rings is 1. The molecule has 0 saturated heterocycles. The molecule has 0 radical (unpaired) electrons. The molecule has 0 unspecified atom stereocenters. The Labute approximate surface area is 213 Å². The van der Waals surface area contributed by atoms with Gasteiger partial charge in [0.25, 0.3) is 0 Å². The number of nitrogens with one attached hydrogen (secondary N) is 4. The third-order valence-electron chi connectivity index (χ3n) is 3.30. The van der Waals surface area contributed by atoms with Crippen LogP contribution in [0.1, 0.15) is 55.4 Å². The van der Waals surface area contributed by atoms with Crippen LogP contribution in [0.4, 0.5) is 11.4 Å². The van der Waals surface area contributed by atoms with Gasteiger partial charge in [-0.2, -0.15) is 0 Å². The largest absolute Gasteiger partial charge is 0.434 e. The van der Waals surface area contributed by atoms with Gasteiger partial charge in [-0.1, -0.05) is 12.1 Å². The van der Waals surface area contributed by atoms with Crippen molar-refractivity contribution in [1.29, 1.82) is 0 Å². The molecule has 1 aromatic rings. The molecule has 0 aromatic heterocycles. The van der Waals surface area contributed by atoms with Gasteiger partial charge in [-0.25, -0.2) is 9.13 Å². The van der Waals surface area contributed by atoms with Crippen molar-refractivity contribution in [3.63, 3.8) is 0 Å². The van der Waals surface area contributed by atoms with Crippen LogP contribution in [0, 0.1) is 0 Å². The molecule has 194 valence electrons. The standard InChI is InChI=1S/C20H36N4O6P2S2/c1-13(2)27-31(25,28-14(3)4)23-19(33)21-17-11-9-10-12-18(17)22-20(34)24-32(26,29-15(5)6)30-16(7)8/h9-16H,1-8H3,(H2,21,23,25,33)(H2,22,24,26,34). The van der Waals surface area contributed by atoms with Crippen molar-refractivity contribution in [3.8, 4) is 0 Å². The number of rotatable bonds is 12. The molecular formula is C20H36N4O6P2S2. The second-order valence-electron chi connectivity index (χ2n) is 8.29. The highest BCUT2D eigenvalue weighted by atomic mass is 32.1. The Balaban J connectivity index is 2.97. The minimum absolute atomic E-state index is 0.0229. The zero-order valence-electron chi connectivity index (χ0n) is 20.8. The number of hydrogen-bond acceptors (Lipinski definition) is 8. The average Bonchev–Trinajstić information content (AvgIpc) is 2.59. The highest BCUT2D eigenvalue weighted by Crippen LogP contribution is 2.47. The lowest BCUT2D eigenvalue weighted by molar-refractivity contribution is 0.138. The number of anilines is 2. The molecule has 10 nitrogen and oxygen atoms in total. The molecule has 34 heavy (non-hydrogen) atoms. The Morgan fingerprint density at radius 2 is 0.912 bits per heavy atom. The fourth-order valence-corrected chi connectivity index (χ4v) is 6.55. The molecule has 0 aliphatic heterocycles. The predicted molar refractivity (Wildman–Crippen MR) is 145 cm³/mol. The van der Waals surface area contributed by atoms with E-state index in [9.17, 15) is 9.13 Å². The van der Waals surface area contributed by atoms with Crippen LogP contribution in [0.3, 0.4) is 0 Å². The molecule has 0 amide bonds. The molecule has 4 N–H and O–H groups in total. The highest BCUT2D eigenvalue weighted by Gasteiger charge is 2.30. The first-order valence-corrected chi connectivity index (χ1v) is 14.7. The molecule has 0 atom stereocenters. The Bertz CT molecular complexity index is 829.